The lowest BCUT2D eigenvalue weighted by Crippen LogP contribution is -2.40. The van der Waals surface area contributed by atoms with Crippen LogP contribution in [0.25, 0.3) is 11.3 Å². The van der Waals surface area contributed by atoms with E-state index in [9.17, 15) is 22.7 Å². The van der Waals surface area contributed by atoms with Crippen molar-refractivity contribution in [2.24, 2.45) is 0 Å². The summed E-state index contributed by atoms with van der Waals surface area (Å²) < 4.78 is 43.2. The lowest BCUT2D eigenvalue weighted by atomic mass is 10.0. The van der Waals surface area contributed by atoms with Gasteiger partial charge in [-0.15, -0.1) is 0 Å². The Labute approximate surface area is 210 Å². The molecule has 0 bridgehead atoms. The van der Waals surface area contributed by atoms with Gasteiger partial charge in [0.15, 0.2) is 0 Å². The van der Waals surface area contributed by atoms with Crippen LogP contribution in [-0.4, -0.2) is 52.7 Å². The van der Waals surface area contributed by atoms with Gasteiger partial charge in [0.1, 0.15) is 5.82 Å². The highest BCUT2D eigenvalue weighted by molar-refractivity contribution is 7.89. The summed E-state index contributed by atoms with van der Waals surface area (Å²) in [5, 5.41) is 17.0. The molecule has 0 radical (unpaired) electrons. The summed E-state index contributed by atoms with van der Waals surface area (Å²) in [6.07, 6.45) is 1.74. The second kappa shape index (κ2) is 9.76. The number of hydrogen-bond donors (Lipinski definition) is 2. The number of halogens is 1. The molecule has 1 amide bonds. The van der Waals surface area contributed by atoms with E-state index in [0.29, 0.717) is 35.3 Å². The minimum atomic E-state index is -3.79. The number of aliphatic hydroxyl groups excluding tert-OH is 1. The summed E-state index contributed by atoms with van der Waals surface area (Å²) in [4.78, 5) is 13.5. The van der Waals surface area contributed by atoms with Crippen molar-refractivity contribution >= 4 is 21.6 Å². The van der Waals surface area contributed by atoms with Crippen molar-refractivity contribution in [2.45, 2.75) is 57.1 Å². The van der Waals surface area contributed by atoms with Crippen LogP contribution >= 0.6 is 0 Å². The van der Waals surface area contributed by atoms with Crippen LogP contribution in [0.3, 0.4) is 0 Å². The van der Waals surface area contributed by atoms with Crippen LogP contribution in [0, 0.1) is 12.7 Å². The number of carbonyl (C=O) groups is 1. The van der Waals surface area contributed by atoms with Gasteiger partial charge in [-0.3, -0.25) is 9.48 Å². The third-order valence-electron chi connectivity index (χ3n) is 6.25. The SMILES string of the molecule is Cc1ccc(NC(=O)c2cnn(C(C)(C)C)c2-c2ccc(F)cc2)cc1S(=O)(=O)N1CCC(O)CC1. The Morgan fingerprint density at radius 2 is 1.75 bits per heavy atom. The van der Waals surface area contributed by atoms with Gasteiger partial charge in [-0.05, 0) is 82.5 Å². The van der Waals surface area contributed by atoms with Crippen molar-refractivity contribution in [1.82, 2.24) is 14.1 Å². The van der Waals surface area contributed by atoms with Gasteiger partial charge in [-0.1, -0.05) is 6.07 Å². The number of benzene rings is 2. The molecule has 0 atom stereocenters. The van der Waals surface area contributed by atoms with Crippen molar-refractivity contribution in [3.63, 3.8) is 0 Å². The maximum absolute atomic E-state index is 13.6. The fraction of sp³-hybridized carbons (Fsp3) is 0.385. The molecule has 36 heavy (non-hydrogen) atoms. The zero-order valence-corrected chi connectivity index (χ0v) is 21.6. The van der Waals surface area contributed by atoms with Gasteiger partial charge < -0.3 is 10.4 Å². The standard InChI is InChI=1S/C26H31FN4O4S/c1-17-5-10-20(15-23(17)36(34,35)30-13-11-21(32)12-14-30)29-25(33)22-16-28-31(26(2,3)4)24(22)18-6-8-19(27)9-7-18/h5-10,15-16,21,32H,11-14H2,1-4H3,(H,29,33). The molecular weight excluding hydrogens is 483 g/mol. The summed E-state index contributed by atoms with van der Waals surface area (Å²) >= 11 is 0. The summed E-state index contributed by atoms with van der Waals surface area (Å²) in [6.45, 7) is 8.04. The summed E-state index contributed by atoms with van der Waals surface area (Å²) in [6, 6.07) is 10.6. The molecule has 1 aliphatic rings. The zero-order chi connectivity index (χ0) is 26.3. The van der Waals surface area contributed by atoms with Gasteiger partial charge in [0.05, 0.1) is 34.0 Å². The minimum Gasteiger partial charge on any atom is -0.393 e. The van der Waals surface area contributed by atoms with E-state index in [1.165, 1.54) is 28.7 Å². The highest BCUT2D eigenvalue weighted by atomic mass is 32.2. The van der Waals surface area contributed by atoms with Gasteiger partial charge in [-0.25, -0.2) is 12.8 Å². The van der Waals surface area contributed by atoms with E-state index in [1.54, 1.807) is 35.9 Å². The molecule has 8 nitrogen and oxygen atoms in total. The van der Waals surface area contributed by atoms with Crippen LogP contribution in [0.4, 0.5) is 10.1 Å². The topological polar surface area (TPSA) is 105 Å². The number of carbonyl (C=O) groups excluding carboxylic acids is 1. The van der Waals surface area contributed by atoms with E-state index < -0.39 is 27.6 Å². The number of aliphatic hydroxyl groups is 1. The van der Waals surface area contributed by atoms with Crippen LogP contribution in [0.2, 0.25) is 0 Å². The van der Waals surface area contributed by atoms with Crippen molar-refractivity contribution in [2.75, 3.05) is 18.4 Å². The van der Waals surface area contributed by atoms with E-state index in [4.69, 9.17) is 0 Å². The Morgan fingerprint density at radius 1 is 1.11 bits per heavy atom. The lowest BCUT2D eigenvalue weighted by Gasteiger charge is -2.29. The first-order chi connectivity index (χ1) is 16.9. The Kier molecular flexibility index (Phi) is 7.05. The molecule has 1 aromatic heterocycles. The molecule has 1 aliphatic heterocycles. The van der Waals surface area contributed by atoms with Gasteiger partial charge in [0.25, 0.3) is 5.91 Å². The third kappa shape index (κ3) is 5.21. The Balaban J connectivity index is 1.67. The highest BCUT2D eigenvalue weighted by Gasteiger charge is 2.30. The Hall–Kier alpha value is -3.08. The quantitative estimate of drug-likeness (QED) is 0.532. The van der Waals surface area contributed by atoms with Gasteiger partial charge in [0.2, 0.25) is 10.0 Å². The average molecular weight is 515 g/mol. The first kappa shape index (κ1) is 26.0. The molecule has 1 saturated heterocycles. The number of piperidine rings is 1. The number of aromatic nitrogens is 2. The number of amides is 1. The average Bonchev–Trinajstić information content (AvgIpc) is 3.27. The van der Waals surface area contributed by atoms with Crippen LogP contribution in [-0.2, 0) is 15.6 Å². The number of nitrogens with zero attached hydrogens (tertiary/aromatic N) is 3. The Bertz CT molecular complexity index is 1370. The second-order valence-electron chi connectivity index (χ2n) is 10.1. The maximum Gasteiger partial charge on any atom is 0.259 e. The number of aryl methyl sites for hydroxylation is 1. The molecule has 4 rings (SSSR count). The normalized spacial score (nSPS) is 15.7. The van der Waals surface area contributed by atoms with Gasteiger partial charge in [0, 0.05) is 24.3 Å². The van der Waals surface area contributed by atoms with Crippen molar-refractivity contribution < 1.29 is 22.7 Å². The van der Waals surface area contributed by atoms with E-state index in [-0.39, 0.29) is 29.4 Å². The fourth-order valence-electron chi connectivity index (χ4n) is 4.28. The largest absolute Gasteiger partial charge is 0.393 e. The summed E-state index contributed by atoms with van der Waals surface area (Å²) in [5.41, 5.74) is 1.89. The first-order valence-corrected chi connectivity index (χ1v) is 13.3. The molecule has 2 N–H and O–H groups in total. The predicted octanol–water partition coefficient (Wildman–Crippen LogP) is 4.15. The van der Waals surface area contributed by atoms with Crippen molar-refractivity contribution in [3.8, 4) is 11.3 Å². The lowest BCUT2D eigenvalue weighted by molar-refractivity contribution is 0.102. The van der Waals surface area contributed by atoms with E-state index in [1.807, 2.05) is 20.8 Å². The summed E-state index contributed by atoms with van der Waals surface area (Å²) in [5.74, 6) is -0.846. The second-order valence-corrected chi connectivity index (χ2v) is 12.0. The third-order valence-corrected chi connectivity index (χ3v) is 8.29. The molecule has 1 fully saturated rings. The van der Waals surface area contributed by atoms with Crippen molar-refractivity contribution in [1.29, 1.82) is 0 Å². The van der Waals surface area contributed by atoms with Crippen LogP contribution < -0.4 is 5.32 Å². The number of nitrogens with one attached hydrogen (secondary N) is 1. The molecule has 0 unspecified atom stereocenters. The van der Waals surface area contributed by atoms with Gasteiger partial charge >= 0.3 is 0 Å². The maximum atomic E-state index is 13.6. The first-order valence-electron chi connectivity index (χ1n) is 11.8. The monoisotopic (exact) mass is 514 g/mol. The molecule has 0 spiro atoms. The molecule has 0 saturated carbocycles. The number of sulfonamides is 1. The van der Waals surface area contributed by atoms with E-state index in [2.05, 4.69) is 10.4 Å². The number of anilines is 1. The highest BCUT2D eigenvalue weighted by Crippen LogP contribution is 2.31. The van der Waals surface area contributed by atoms with Gasteiger partial charge in [-0.2, -0.15) is 9.40 Å². The smallest absolute Gasteiger partial charge is 0.259 e. The number of rotatable bonds is 5. The molecule has 2 aromatic carbocycles. The Morgan fingerprint density at radius 3 is 2.36 bits per heavy atom. The van der Waals surface area contributed by atoms with Crippen LogP contribution in [0.15, 0.2) is 53.6 Å². The predicted molar refractivity (Wildman–Crippen MR) is 136 cm³/mol. The van der Waals surface area contributed by atoms with E-state index in [0.717, 1.165) is 0 Å². The molecule has 192 valence electrons. The zero-order valence-electron chi connectivity index (χ0n) is 20.8. The number of hydrogen-bond acceptors (Lipinski definition) is 5. The molecule has 10 heteroatoms. The molecule has 2 heterocycles. The van der Waals surface area contributed by atoms with Crippen LogP contribution in [0.1, 0.15) is 49.5 Å². The molecular formula is C26H31FN4O4S. The summed E-state index contributed by atoms with van der Waals surface area (Å²) in [7, 11) is -3.79. The minimum absolute atomic E-state index is 0.112. The molecule has 0 aliphatic carbocycles. The fourth-order valence-corrected chi connectivity index (χ4v) is 6.01. The molecule has 3 aromatic rings. The van der Waals surface area contributed by atoms with E-state index >= 15 is 0 Å². The van der Waals surface area contributed by atoms with Crippen molar-refractivity contribution in [3.05, 3.63) is 65.6 Å². The van der Waals surface area contributed by atoms with Crippen LogP contribution in [0.5, 0.6) is 0 Å².